The van der Waals surface area contributed by atoms with Crippen molar-refractivity contribution in [2.24, 2.45) is 0 Å². The van der Waals surface area contributed by atoms with Crippen molar-refractivity contribution in [1.29, 1.82) is 0 Å². The molecule has 0 aliphatic carbocycles. The maximum absolute atomic E-state index is 13.6. The number of nitrogens with one attached hydrogen (secondary N) is 1. The summed E-state index contributed by atoms with van der Waals surface area (Å²) in [6.45, 7) is 3.85. The van der Waals surface area contributed by atoms with Crippen LogP contribution in [0.25, 0.3) is 0 Å². The van der Waals surface area contributed by atoms with Crippen LogP contribution in [0, 0.1) is 5.82 Å². The number of ether oxygens (including phenoxy) is 2. The average Bonchev–Trinajstić information content (AvgIpc) is 2.42. The second kappa shape index (κ2) is 6.41. The summed E-state index contributed by atoms with van der Waals surface area (Å²) in [6, 6.07) is 4.67. The molecule has 0 spiro atoms. The van der Waals surface area contributed by atoms with Gasteiger partial charge < -0.3 is 19.7 Å². The van der Waals surface area contributed by atoms with Gasteiger partial charge >= 0.3 is 0 Å². The third kappa shape index (κ3) is 3.92. The molecule has 0 atom stereocenters. The molecule has 0 saturated carbocycles. The van der Waals surface area contributed by atoms with E-state index in [-0.39, 0.29) is 23.9 Å². The van der Waals surface area contributed by atoms with Gasteiger partial charge in [0.05, 0.1) is 12.7 Å². The van der Waals surface area contributed by atoms with Gasteiger partial charge in [-0.2, -0.15) is 0 Å². The lowest BCUT2D eigenvalue weighted by Crippen LogP contribution is -2.59. The molecular formula is C15H21FN2O3. The molecule has 1 fully saturated rings. The van der Waals surface area contributed by atoms with Crippen LogP contribution in [-0.4, -0.2) is 50.3 Å². The van der Waals surface area contributed by atoms with Gasteiger partial charge in [0, 0.05) is 26.7 Å². The van der Waals surface area contributed by atoms with Gasteiger partial charge in [-0.1, -0.05) is 6.07 Å². The second-order valence-corrected chi connectivity index (χ2v) is 5.56. The minimum Gasteiger partial charge on any atom is -0.494 e. The molecule has 1 aliphatic rings. The summed E-state index contributed by atoms with van der Waals surface area (Å²) >= 11 is 0. The average molecular weight is 296 g/mol. The van der Waals surface area contributed by atoms with Gasteiger partial charge in [0.15, 0.2) is 11.6 Å². The van der Waals surface area contributed by atoms with E-state index in [4.69, 9.17) is 9.47 Å². The zero-order chi connectivity index (χ0) is 15.5. The summed E-state index contributed by atoms with van der Waals surface area (Å²) in [5, 5.41) is 3.11. The summed E-state index contributed by atoms with van der Waals surface area (Å²) in [5.74, 6) is -0.360. The van der Waals surface area contributed by atoms with Gasteiger partial charge in [0.25, 0.3) is 0 Å². The third-order valence-corrected chi connectivity index (χ3v) is 3.60. The van der Waals surface area contributed by atoms with Crippen LogP contribution in [0.3, 0.4) is 0 Å². The highest BCUT2D eigenvalue weighted by Crippen LogP contribution is 2.19. The van der Waals surface area contributed by atoms with Crippen LogP contribution >= 0.6 is 0 Å². The van der Waals surface area contributed by atoms with Crippen molar-refractivity contribution in [2.75, 3.05) is 33.9 Å². The summed E-state index contributed by atoms with van der Waals surface area (Å²) < 4.78 is 24.1. The highest BCUT2D eigenvalue weighted by Gasteiger charge is 2.33. The van der Waals surface area contributed by atoms with Crippen LogP contribution in [0.15, 0.2) is 18.2 Å². The first-order chi connectivity index (χ1) is 9.93. The van der Waals surface area contributed by atoms with E-state index in [1.165, 1.54) is 18.1 Å². The Kier molecular flexibility index (Phi) is 4.80. The maximum atomic E-state index is 13.6. The van der Waals surface area contributed by atoms with Gasteiger partial charge in [-0.3, -0.25) is 4.79 Å². The van der Waals surface area contributed by atoms with Gasteiger partial charge in [-0.05, 0) is 24.6 Å². The molecule has 1 aliphatic heterocycles. The molecule has 116 valence electrons. The Balaban J connectivity index is 1.86. The number of rotatable bonds is 6. The molecule has 1 aromatic rings. The number of halogens is 1. The van der Waals surface area contributed by atoms with E-state index in [0.29, 0.717) is 12.1 Å². The van der Waals surface area contributed by atoms with E-state index in [0.717, 1.165) is 13.1 Å². The van der Waals surface area contributed by atoms with Crippen molar-refractivity contribution >= 4 is 5.91 Å². The first kappa shape index (κ1) is 15.7. The van der Waals surface area contributed by atoms with Crippen molar-refractivity contribution < 1.29 is 18.7 Å². The fourth-order valence-corrected chi connectivity index (χ4v) is 2.10. The van der Waals surface area contributed by atoms with Gasteiger partial charge in [-0.15, -0.1) is 0 Å². The largest absolute Gasteiger partial charge is 0.494 e. The fraction of sp³-hybridized carbons (Fsp3) is 0.533. The number of carbonyl (C=O) groups is 1. The Hall–Kier alpha value is -1.66. The predicted molar refractivity (Wildman–Crippen MR) is 76.7 cm³/mol. The molecule has 1 aromatic carbocycles. The molecular weight excluding hydrogens is 275 g/mol. The molecule has 6 heteroatoms. The van der Waals surface area contributed by atoms with Crippen molar-refractivity contribution in [3.05, 3.63) is 29.6 Å². The molecule has 21 heavy (non-hydrogen) atoms. The van der Waals surface area contributed by atoms with Crippen LogP contribution in [0.5, 0.6) is 5.75 Å². The highest BCUT2D eigenvalue weighted by molar-refractivity contribution is 5.77. The number of amides is 1. The van der Waals surface area contributed by atoms with E-state index in [9.17, 15) is 9.18 Å². The van der Waals surface area contributed by atoms with E-state index in [1.807, 2.05) is 6.92 Å². The minimum absolute atomic E-state index is 0.0350. The number of benzene rings is 1. The van der Waals surface area contributed by atoms with E-state index in [1.54, 1.807) is 19.2 Å². The summed E-state index contributed by atoms with van der Waals surface area (Å²) in [4.78, 5) is 13.5. The van der Waals surface area contributed by atoms with Crippen LogP contribution in [0.2, 0.25) is 0 Å². The van der Waals surface area contributed by atoms with Crippen molar-refractivity contribution in [3.63, 3.8) is 0 Å². The zero-order valence-electron chi connectivity index (χ0n) is 12.6. The maximum Gasteiger partial charge on any atom is 0.248 e. The molecule has 1 N–H and O–H groups in total. The molecule has 1 saturated heterocycles. The molecule has 0 radical (unpaired) electrons. The normalized spacial score (nSPS) is 16.2. The Morgan fingerprint density at radius 2 is 2.19 bits per heavy atom. The lowest BCUT2D eigenvalue weighted by Gasteiger charge is -2.39. The van der Waals surface area contributed by atoms with Crippen molar-refractivity contribution in [2.45, 2.75) is 19.1 Å². The number of nitrogens with zero attached hydrogens (tertiary/aromatic N) is 1. The zero-order valence-corrected chi connectivity index (χ0v) is 12.6. The topological polar surface area (TPSA) is 50.8 Å². The number of hydrogen-bond donors (Lipinski definition) is 1. The predicted octanol–water partition coefficient (Wildman–Crippen LogP) is 1.17. The monoisotopic (exact) mass is 296 g/mol. The van der Waals surface area contributed by atoms with Crippen molar-refractivity contribution in [1.82, 2.24) is 10.2 Å². The van der Waals surface area contributed by atoms with Crippen LogP contribution in [0.1, 0.15) is 12.5 Å². The Bertz CT molecular complexity index is 518. The molecule has 0 unspecified atom stereocenters. The van der Waals surface area contributed by atoms with E-state index < -0.39 is 5.82 Å². The first-order valence-electron chi connectivity index (χ1n) is 6.84. The van der Waals surface area contributed by atoms with Crippen molar-refractivity contribution in [3.8, 4) is 5.75 Å². The lowest BCUT2D eigenvalue weighted by molar-refractivity contribution is -0.145. The number of carbonyl (C=O) groups excluding carboxylic acids is 1. The minimum atomic E-state index is -0.430. The van der Waals surface area contributed by atoms with Crippen LogP contribution in [0.4, 0.5) is 4.39 Å². The number of likely N-dealkylation sites (N-methyl/N-ethyl adjacent to an activating group) is 1. The lowest BCUT2D eigenvalue weighted by atomic mass is 10.0. The molecule has 1 heterocycles. The van der Waals surface area contributed by atoms with Crippen LogP contribution < -0.4 is 10.1 Å². The summed E-state index contributed by atoms with van der Waals surface area (Å²) in [5.41, 5.74) is 0.462. The second-order valence-electron chi connectivity index (χ2n) is 5.56. The highest BCUT2D eigenvalue weighted by atomic mass is 19.1. The Labute approximate surface area is 124 Å². The quantitative estimate of drug-likeness (QED) is 0.856. The number of methoxy groups -OCH3 is 1. The van der Waals surface area contributed by atoms with E-state index >= 15 is 0 Å². The SMILES string of the molecule is COc1ccc(CN(C)C(=O)COC2(C)CNC2)cc1F. The summed E-state index contributed by atoms with van der Waals surface area (Å²) in [6.07, 6.45) is 0. The Morgan fingerprint density at radius 3 is 2.71 bits per heavy atom. The van der Waals surface area contributed by atoms with Crippen LogP contribution in [-0.2, 0) is 16.1 Å². The fourth-order valence-electron chi connectivity index (χ4n) is 2.10. The molecule has 2 rings (SSSR count). The standard InChI is InChI=1S/C15H21FN2O3/c1-15(9-17-10-15)21-8-14(19)18(2)7-11-4-5-13(20-3)12(16)6-11/h4-6,17H,7-10H2,1-3H3. The van der Waals surface area contributed by atoms with Gasteiger partial charge in [0.1, 0.15) is 6.61 Å². The van der Waals surface area contributed by atoms with Gasteiger partial charge in [0.2, 0.25) is 5.91 Å². The Morgan fingerprint density at radius 1 is 1.48 bits per heavy atom. The molecule has 1 amide bonds. The van der Waals surface area contributed by atoms with E-state index in [2.05, 4.69) is 5.32 Å². The summed E-state index contributed by atoms with van der Waals surface area (Å²) in [7, 11) is 3.09. The third-order valence-electron chi connectivity index (χ3n) is 3.60. The van der Waals surface area contributed by atoms with Gasteiger partial charge in [-0.25, -0.2) is 4.39 Å². The smallest absolute Gasteiger partial charge is 0.248 e. The molecule has 0 aromatic heterocycles. The molecule has 0 bridgehead atoms. The molecule has 5 nitrogen and oxygen atoms in total. The number of hydrogen-bond acceptors (Lipinski definition) is 4. The first-order valence-corrected chi connectivity index (χ1v) is 6.84.